The van der Waals surface area contributed by atoms with Gasteiger partial charge in [0, 0.05) is 23.6 Å². The molecule has 1 N–H and O–H groups in total. The summed E-state index contributed by atoms with van der Waals surface area (Å²) in [6.07, 6.45) is 3.91. The minimum Gasteiger partial charge on any atom is -0.310 e. The molecule has 0 aromatic heterocycles. The third-order valence-electron chi connectivity index (χ3n) is 3.67. The zero-order valence-corrected chi connectivity index (χ0v) is 13.7. The highest BCUT2D eigenvalue weighted by atomic mass is 79.9. The lowest BCUT2D eigenvalue weighted by atomic mass is 10.1. The highest BCUT2D eigenvalue weighted by molar-refractivity contribution is 9.10. The Kier molecular flexibility index (Phi) is 5.86. The summed E-state index contributed by atoms with van der Waals surface area (Å²) < 4.78 is 1.25. The highest BCUT2D eigenvalue weighted by Gasteiger charge is 2.20. The lowest BCUT2D eigenvalue weighted by molar-refractivity contribution is 0.280. The molecule has 0 bridgehead atoms. The molecular weight excluding hydrogens is 300 g/mol. The fourth-order valence-electron chi connectivity index (χ4n) is 2.28. The van der Waals surface area contributed by atoms with Crippen LogP contribution in [-0.2, 0) is 13.1 Å². The van der Waals surface area contributed by atoms with Gasteiger partial charge in [0.05, 0.1) is 0 Å². The molecule has 19 heavy (non-hydrogen) atoms. The maximum absolute atomic E-state index is 3.72. The summed E-state index contributed by atoms with van der Waals surface area (Å²) in [4.78, 5) is 2.49. The van der Waals surface area contributed by atoms with Crippen molar-refractivity contribution in [1.82, 2.24) is 10.2 Å². The summed E-state index contributed by atoms with van der Waals surface area (Å²) in [6, 6.07) is 7.57. The van der Waals surface area contributed by atoms with Crippen molar-refractivity contribution < 1.29 is 0 Å². The molecule has 0 atom stereocenters. The van der Waals surface area contributed by atoms with Crippen molar-refractivity contribution in [3.63, 3.8) is 0 Å². The van der Waals surface area contributed by atoms with E-state index in [9.17, 15) is 0 Å². The number of benzene rings is 1. The number of halogens is 1. The van der Waals surface area contributed by atoms with Gasteiger partial charge in [0.2, 0.25) is 0 Å². The Morgan fingerprint density at radius 2 is 2.11 bits per heavy atom. The molecule has 1 fully saturated rings. The van der Waals surface area contributed by atoms with Crippen molar-refractivity contribution >= 4 is 15.9 Å². The minimum atomic E-state index is 0.776. The predicted molar refractivity (Wildman–Crippen MR) is 85.2 cm³/mol. The van der Waals surface area contributed by atoms with Crippen molar-refractivity contribution in [2.24, 2.45) is 0 Å². The van der Waals surface area contributed by atoms with Gasteiger partial charge in [-0.1, -0.05) is 41.9 Å². The van der Waals surface area contributed by atoms with E-state index in [0.29, 0.717) is 0 Å². The summed E-state index contributed by atoms with van der Waals surface area (Å²) in [5, 5.41) is 3.56. The largest absolute Gasteiger partial charge is 0.310 e. The molecule has 0 aliphatic heterocycles. The monoisotopic (exact) mass is 324 g/mol. The topological polar surface area (TPSA) is 15.3 Å². The van der Waals surface area contributed by atoms with Gasteiger partial charge in [-0.2, -0.15) is 0 Å². The fourth-order valence-corrected chi connectivity index (χ4v) is 2.84. The Bertz CT molecular complexity index is 402. The first-order valence-corrected chi connectivity index (χ1v) is 8.25. The van der Waals surface area contributed by atoms with Crippen LogP contribution in [0.1, 0.15) is 44.2 Å². The smallest absolute Gasteiger partial charge is 0.0244 e. The standard InChI is InChI=1S/C16H25BrN2/c1-3-9-19(4-2)12-14-6-5-13(10-16(14)17)11-18-15-7-8-15/h5-6,10,15,18H,3-4,7-9,11-12H2,1-2H3. The molecule has 106 valence electrons. The first kappa shape index (κ1) is 15.0. The molecule has 0 heterocycles. The van der Waals surface area contributed by atoms with Crippen LogP contribution < -0.4 is 5.32 Å². The molecule has 1 aliphatic rings. The lowest BCUT2D eigenvalue weighted by Crippen LogP contribution is -2.23. The second-order valence-corrected chi connectivity index (χ2v) is 6.30. The summed E-state index contributed by atoms with van der Waals surface area (Å²) in [7, 11) is 0. The van der Waals surface area contributed by atoms with Crippen molar-refractivity contribution in [2.75, 3.05) is 13.1 Å². The van der Waals surface area contributed by atoms with Crippen molar-refractivity contribution in [2.45, 2.75) is 52.2 Å². The van der Waals surface area contributed by atoms with Crippen LogP contribution in [0.25, 0.3) is 0 Å². The quantitative estimate of drug-likeness (QED) is 0.779. The SMILES string of the molecule is CCCN(CC)Cc1ccc(CNC2CC2)cc1Br. The number of nitrogens with one attached hydrogen (secondary N) is 1. The molecule has 1 aromatic carbocycles. The van der Waals surface area contributed by atoms with Gasteiger partial charge >= 0.3 is 0 Å². The Labute approximate surface area is 125 Å². The zero-order valence-electron chi connectivity index (χ0n) is 12.1. The van der Waals surface area contributed by atoms with Gasteiger partial charge in [0.25, 0.3) is 0 Å². The van der Waals surface area contributed by atoms with Crippen molar-refractivity contribution in [3.8, 4) is 0 Å². The molecule has 0 saturated heterocycles. The van der Waals surface area contributed by atoms with Gasteiger partial charge in [0.15, 0.2) is 0 Å². The molecule has 0 amide bonds. The number of nitrogens with zero attached hydrogens (tertiary/aromatic N) is 1. The third kappa shape index (κ3) is 4.90. The summed E-state index contributed by atoms with van der Waals surface area (Å²) in [6.45, 7) is 8.80. The van der Waals surface area contributed by atoms with Crippen molar-refractivity contribution in [1.29, 1.82) is 0 Å². The van der Waals surface area contributed by atoms with Crippen LogP contribution in [0.2, 0.25) is 0 Å². The van der Waals surface area contributed by atoms with E-state index in [-0.39, 0.29) is 0 Å². The van der Waals surface area contributed by atoms with Gasteiger partial charge in [-0.25, -0.2) is 0 Å². The first-order valence-electron chi connectivity index (χ1n) is 7.46. The van der Waals surface area contributed by atoms with E-state index in [1.54, 1.807) is 0 Å². The maximum Gasteiger partial charge on any atom is 0.0244 e. The van der Waals surface area contributed by atoms with E-state index in [2.05, 4.69) is 58.2 Å². The van der Waals surface area contributed by atoms with Gasteiger partial charge in [-0.3, -0.25) is 4.90 Å². The average molecular weight is 325 g/mol. The highest BCUT2D eigenvalue weighted by Crippen LogP contribution is 2.22. The van der Waals surface area contributed by atoms with Crippen LogP contribution >= 0.6 is 15.9 Å². The Morgan fingerprint density at radius 1 is 1.32 bits per heavy atom. The van der Waals surface area contributed by atoms with Gasteiger partial charge in [0.1, 0.15) is 0 Å². The molecular formula is C16H25BrN2. The number of rotatable bonds is 8. The van der Waals surface area contributed by atoms with E-state index in [4.69, 9.17) is 0 Å². The van der Waals surface area contributed by atoms with Gasteiger partial charge in [-0.05, 0) is 49.5 Å². The first-order chi connectivity index (χ1) is 9.22. The molecule has 0 unspecified atom stereocenters. The summed E-state index contributed by atoms with van der Waals surface area (Å²) in [5.41, 5.74) is 2.77. The van der Waals surface area contributed by atoms with Crippen LogP contribution in [0.5, 0.6) is 0 Å². The molecule has 3 heteroatoms. The molecule has 2 nitrogen and oxygen atoms in total. The zero-order chi connectivity index (χ0) is 13.7. The molecule has 1 saturated carbocycles. The number of hydrogen-bond donors (Lipinski definition) is 1. The van der Waals surface area contributed by atoms with Gasteiger partial charge in [-0.15, -0.1) is 0 Å². The van der Waals surface area contributed by atoms with E-state index in [1.165, 1.54) is 41.4 Å². The predicted octanol–water partition coefficient (Wildman–Crippen LogP) is 3.93. The Hall–Kier alpha value is -0.380. The van der Waals surface area contributed by atoms with Crippen LogP contribution in [0.4, 0.5) is 0 Å². The second kappa shape index (κ2) is 7.41. The molecule has 1 aromatic rings. The molecule has 0 spiro atoms. The van der Waals surface area contributed by atoms with Crippen LogP contribution in [0.3, 0.4) is 0 Å². The fraction of sp³-hybridized carbons (Fsp3) is 0.625. The van der Waals surface area contributed by atoms with Crippen LogP contribution in [0.15, 0.2) is 22.7 Å². The van der Waals surface area contributed by atoms with Crippen LogP contribution in [0, 0.1) is 0 Å². The molecule has 2 rings (SSSR count). The van der Waals surface area contributed by atoms with E-state index >= 15 is 0 Å². The molecule has 0 radical (unpaired) electrons. The third-order valence-corrected chi connectivity index (χ3v) is 4.41. The normalized spacial score (nSPS) is 15.2. The van der Waals surface area contributed by atoms with E-state index in [0.717, 1.165) is 25.7 Å². The Morgan fingerprint density at radius 3 is 2.68 bits per heavy atom. The van der Waals surface area contributed by atoms with Crippen molar-refractivity contribution in [3.05, 3.63) is 33.8 Å². The maximum atomic E-state index is 3.72. The number of hydrogen-bond acceptors (Lipinski definition) is 2. The summed E-state index contributed by atoms with van der Waals surface area (Å²) >= 11 is 3.72. The lowest BCUT2D eigenvalue weighted by Gasteiger charge is -2.20. The van der Waals surface area contributed by atoms with Gasteiger partial charge < -0.3 is 5.32 Å². The second-order valence-electron chi connectivity index (χ2n) is 5.45. The average Bonchev–Trinajstić information content (AvgIpc) is 3.22. The van der Waals surface area contributed by atoms with E-state index in [1.807, 2.05) is 0 Å². The summed E-state index contributed by atoms with van der Waals surface area (Å²) in [5.74, 6) is 0. The minimum absolute atomic E-state index is 0.776. The Balaban J connectivity index is 1.92. The molecule has 1 aliphatic carbocycles. The van der Waals surface area contributed by atoms with E-state index < -0.39 is 0 Å². The van der Waals surface area contributed by atoms with Crippen LogP contribution in [-0.4, -0.2) is 24.0 Å².